The van der Waals surface area contributed by atoms with Crippen LogP contribution in [0.5, 0.6) is 0 Å². The van der Waals surface area contributed by atoms with Crippen molar-refractivity contribution in [3.8, 4) is 6.07 Å². The standard InChI is InChI=1S/C15H21N3OS2/c1-14(2,3)11-7-17-13(21-11)20-8-12(19)18-15(4,9-16)10-5-6-10/h7,10H,5-6,8H2,1-4H3,(H,18,19). The molecule has 1 aromatic rings. The minimum atomic E-state index is -0.711. The average molecular weight is 323 g/mol. The van der Waals surface area contributed by atoms with Gasteiger partial charge in [-0.25, -0.2) is 4.98 Å². The first-order valence-electron chi connectivity index (χ1n) is 7.06. The number of carbonyl (C=O) groups is 1. The number of nitriles is 1. The number of thiazole rings is 1. The van der Waals surface area contributed by atoms with E-state index in [-0.39, 0.29) is 11.3 Å². The van der Waals surface area contributed by atoms with Gasteiger partial charge in [0.25, 0.3) is 0 Å². The molecule has 1 heterocycles. The van der Waals surface area contributed by atoms with Crippen LogP contribution in [-0.4, -0.2) is 22.2 Å². The molecular weight excluding hydrogens is 302 g/mol. The summed E-state index contributed by atoms with van der Waals surface area (Å²) in [5.74, 6) is 0.522. The molecule has 2 rings (SSSR count). The lowest BCUT2D eigenvalue weighted by molar-refractivity contribution is -0.119. The molecule has 1 atom stereocenters. The normalized spacial score (nSPS) is 17.9. The highest BCUT2D eigenvalue weighted by molar-refractivity contribution is 8.01. The molecule has 1 unspecified atom stereocenters. The summed E-state index contributed by atoms with van der Waals surface area (Å²) in [6.45, 7) is 8.26. The van der Waals surface area contributed by atoms with Gasteiger partial charge in [-0.1, -0.05) is 32.5 Å². The molecule has 1 amide bonds. The number of nitrogens with one attached hydrogen (secondary N) is 1. The van der Waals surface area contributed by atoms with Gasteiger partial charge in [-0.05, 0) is 31.1 Å². The first-order valence-corrected chi connectivity index (χ1v) is 8.86. The molecule has 0 aliphatic heterocycles. The SMILES string of the molecule is CC(C)(C)c1cnc(SCC(=O)NC(C)(C#N)C2CC2)s1. The van der Waals surface area contributed by atoms with Crippen molar-refractivity contribution in [3.63, 3.8) is 0 Å². The summed E-state index contributed by atoms with van der Waals surface area (Å²) >= 11 is 3.07. The summed E-state index contributed by atoms with van der Waals surface area (Å²) in [5.41, 5.74) is -0.624. The van der Waals surface area contributed by atoms with E-state index in [4.69, 9.17) is 0 Å². The first-order chi connectivity index (χ1) is 9.74. The van der Waals surface area contributed by atoms with Crippen LogP contribution in [0.4, 0.5) is 0 Å². The van der Waals surface area contributed by atoms with E-state index in [1.54, 1.807) is 11.3 Å². The van der Waals surface area contributed by atoms with E-state index >= 15 is 0 Å². The van der Waals surface area contributed by atoms with Crippen LogP contribution in [-0.2, 0) is 10.2 Å². The minimum Gasteiger partial charge on any atom is -0.337 e. The Bertz CT molecular complexity index is 566. The number of carbonyl (C=O) groups excluding carboxylic acids is 1. The highest BCUT2D eigenvalue weighted by atomic mass is 32.2. The quantitative estimate of drug-likeness (QED) is 0.844. The molecule has 21 heavy (non-hydrogen) atoms. The number of aromatic nitrogens is 1. The number of amides is 1. The van der Waals surface area contributed by atoms with Crippen molar-refractivity contribution in [2.75, 3.05) is 5.75 Å². The van der Waals surface area contributed by atoms with Gasteiger partial charge in [-0.3, -0.25) is 4.79 Å². The second-order valence-corrected chi connectivity index (χ2v) is 8.92. The summed E-state index contributed by atoms with van der Waals surface area (Å²) in [7, 11) is 0. The predicted octanol–water partition coefficient (Wildman–Crippen LogP) is 3.34. The lowest BCUT2D eigenvalue weighted by Gasteiger charge is -2.22. The van der Waals surface area contributed by atoms with Crippen LogP contribution in [0.1, 0.15) is 45.4 Å². The summed E-state index contributed by atoms with van der Waals surface area (Å²) in [4.78, 5) is 17.6. The Balaban J connectivity index is 1.87. The van der Waals surface area contributed by atoms with Gasteiger partial charge in [0.1, 0.15) is 5.54 Å². The first kappa shape index (κ1) is 16.3. The molecule has 4 nitrogen and oxygen atoms in total. The van der Waals surface area contributed by atoms with Gasteiger partial charge in [0.15, 0.2) is 4.34 Å². The van der Waals surface area contributed by atoms with E-state index < -0.39 is 5.54 Å². The third kappa shape index (κ3) is 4.21. The third-order valence-electron chi connectivity index (χ3n) is 3.58. The van der Waals surface area contributed by atoms with Crippen LogP contribution in [0.2, 0.25) is 0 Å². The Kier molecular flexibility index (Phi) is 4.64. The second-order valence-electron chi connectivity index (χ2n) is 6.67. The molecule has 0 saturated heterocycles. The fourth-order valence-corrected chi connectivity index (χ4v) is 3.85. The van der Waals surface area contributed by atoms with E-state index in [0.717, 1.165) is 17.2 Å². The molecule has 1 aliphatic rings. The van der Waals surface area contributed by atoms with Gasteiger partial charge in [-0.2, -0.15) is 5.26 Å². The smallest absolute Gasteiger partial charge is 0.231 e. The molecule has 0 bridgehead atoms. The van der Waals surface area contributed by atoms with E-state index in [9.17, 15) is 10.1 Å². The Hall–Kier alpha value is -1.06. The Morgan fingerprint density at radius 2 is 2.19 bits per heavy atom. The van der Waals surface area contributed by atoms with E-state index in [1.807, 2.05) is 13.1 Å². The molecule has 0 spiro atoms. The zero-order valence-corrected chi connectivity index (χ0v) is 14.5. The number of thioether (sulfide) groups is 1. The summed E-state index contributed by atoms with van der Waals surface area (Å²) in [5, 5.41) is 12.1. The van der Waals surface area contributed by atoms with E-state index in [2.05, 4.69) is 37.1 Å². The van der Waals surface area contributed by atoms with Gasteiger partial charge in [0.2, 0.25) is 5.91 Å². The molecule has 1 aliphatic carbocycles. The molecule has 114 valence electrons. The van der Waals surface area contributed by atoms with Gasteiger partial charge >= 0.3 is 0 Å². The van der Waals surface area contributed by atoms with Crippen molar-refractivity contribution in [2.24, 2.45) is 5.92 Å². The Labute approximate surface area is 134 Å². The topological polar surface area (TPSA) is 65.8 Å². The summed E-state index contributed by atoms with van der Waals surface area (Å²) in [6, 6.07) is 2.24. The Morgan fingerprint density at radius 1 is 1.52 bits per heavy atom. The van der Waals surface area contributed by atoms with Crippen molar-refractivity contribution in [1.29, 1.82) is 5.26 Å². The second kappa shape index (κ2) is 5.98. The molecule has 1 N–H and O–H groups in total. The van der Waals surface area contributed by atoms with Crippen LogP contribution in [0.3, 0.4) is 0 Å². The fraction of sp³-hybridized carbons (Fsp3) is 0.667. The van der Waals surface area contributed by atoms with Crippen LogP contribution in [0.25, 0.3) is 0 Å². The summed E-state index contributed by atoms with van der Waals surface area (Å²) in [6.07, 6.45) is 3.94. The average Bonchev–Trinajstić information content (AvgIpc) is 3.14. The maximum Gasteiger partial charge on any atom is 0.231 e. The number of hydrogen-bond donors (Lipinski definition) is 1. The van der Waals surface area contributed by atoms with Crippen molar-refractivity contribution in [3.05, 3.63) is 11.1 Å². The lowest BCUT2D eigenvalue weighted by Crippen LogP contribution is -2.47. The molecule has 6 heteroatoms. The number of hydrogen-bond acceptors (Lipinski definition) is 5. The van der Waals surface area contributed by atoms with E-state index in [1.165, 1.54) is 16.6 Å². The van der Waals surface area contributed by atoms with Crippen molar-refractivity contribution in [1.82, 2.24) is 10.3 Å². The van der Waals surface area contributed by atoms with Crippen LogP contribution in [0.15, 0.2) is 10.5 Å². The van der Waals surface area contributed by atoms with Crippen molar-refractivity contribution in [2.45, 2.75) is 55.8 Å². The molecular formula is C15H21N3OS2. The highest BCUT2D eigenvalue weighted by Crippen LogP contribution is 2.39. The van der Waals surface area contributed by atoms with E-state index in [0.29, 0.717) is 11.7 Å². The molecule has 1 saturated carbocycles. The summed E-state index contributed by atoms with van der Waals surface area (Å²) < 4.78 is 0.903. The fourth-order valence-electron chi connectivity index (χ4n) is 2.01. The maximum atomic E-state index is 12.0. The minimum absolute atomic E-state index is 0.0874. The van der Waals surface area contributed by atoms with Gasteiger partial charge in [0, 0.05) is 11.1 Å². The predicted molar refractivity (Wildman–Crippen MR) is 86.4 cm³/mol. The monoisotopic (exact) mass is 323 g/mol. The van der Waals surface area contributed by atoms with Gasteiger partial charge < -0.3 is 5.32 Å². The maximum absolute atomic E-state index is 12.0. The van der Waals surface area contributed by atoms with Gasteiger partial charge in [0.05, 0.1) is 11.8 Å². The van der Waals surface area contributed by atoms with Crippen LogP contribution < -0.4 is 5.32 Å². The number of rotatable bonds is 5. The largest absolute Gasteiger partial charge is 0.337 e. The third-order valence-corrected chi connectivity index (χ3v) is 6.16. The lowest BCUT2D eigenvalue weighted by atomic mass is 9.96. The highest BCUT2D eigenvalue weighted by Gasteiger charge is 2.42. The molecule has 0 radical (unpaired) electrons. The van der Waals surface area contributed by atoms with Gasteiger partial charge in [-0.15, -0.1) is 11.3 Å². The Morgan fingerprint density at radius 3 is 2.67 bits per heavy atom. The number of nitrogens with zero attached hydrogens (tertiary/aromatic N) is 2. The van der Waals surface area contributed by atoms with Crippen molar-refractivity contribution >= 4 is 29.0 Å². The zero-order valence-electron chi connectivity index (χ0n) is 12.9. The zero-order chi connectivity index (χ0) is 15.7. The van der Waals surface area contributed by atoms with Crippen LogP contribution in [0, 0.1) is 17.2 Å². The molecule has 0 aromatic carbocycles. The van der Waals surface area contributed by atoms with Crippen LogP contribution >= 0.6 is 23.1 Å². The molecule has 1 fully saturated rings. The van der Waals surface area contributed by atoms with Crippen molar-refractivity contribution < 1.29 is 4.79 Å². The molecule has 1 aromatic heterocycles.